The molecule has 1 N–H and O–H groups in total. The van der Waals surface area contributed by atoms with E-state index in [-0.39, 0.29) is 0 Å². The minimum Gasteiger partial charge on any atom is -0.368 e. The zero-order valence-corrected chi connectivity index (χ0v) is 12.2. The summed E-state index contributed by atoms with van der Waals surface area (Å²) in [5.74, 6) is 0.786. The number of anilines is 1. The maximum atomic E-state index is 8.81. The lowest BCUT2D eigenvalue weighted by atomic mass is 10.1. The van der Waals surface area contributed by atoms with Crippen molar-refractivity contribution in [3.63, 3.8) is 0 Å². The smallest absolute Gasteiger partial charge is 0.142 e. The summed E-state index contributed by atoms with van der Waals surface area (Å²) < 4.78 is 0. The van der Waals surface area contributed by atoms with Crippen LogP contribution in [0.2, 0.25) is 0 Å². The van der Waals surface area contributed by atoms with Crippen LogP contribution in [0.5, 0.6) is 0 Å². The van der Waals surface area contributed by atoms with Crippen molar-refractivity contribution in [3.05, 3.63) is 23.9 Å². The van der Waals surface area contributed by atoms with Crippen LogP contribution in [0, 0.1) is 11.3 Å². The Morgan fingerprint density at radius 1 is 1.37 bits per heavy atom. The highest BCUT2D eigenvalue weighted by Gasteiger charge is 2.05. The molecule has 1 unspecified atom stereocenters. The Hall–Kier alpha value is -1.60. The van der Waals surface area contributed by atoms with Crippen LogP contribution >= 0.6 is 0 Å². The molecule has 1 heterocycles. The summed E-state index contributed by atoms with van der Waals surface area (Å²) in [6.45, 7) is 9.92. The van der Waals surface area contributed by atoms with Crippen LogP contribution in [0.1, 0.15) is 39.3 Å². The SMILES string of the molecule is CCN(CC)CCCC(C)Nc1cccc(C#N)n1. The molecule has 0 aliphatic rings. The molecule has 1 atom stereocenters. The Morgan fingerprint density at radius 3 is 2.74 bits per heavy atom. The summed E-state index contributed by atoms with van der Waals surface area (Å²) in [7, 11) is 0. The number of rotatable bonds is 8. The molecule has 0 aromatic carbocycles. The summed E-state index contributed by atoms with van der Waals surface area (Å²) in [5, 5.41) is 12.2. The second-order valence-corrected chi connectivity index (χ2v) is 4.73. The van der Waals surface area contributed by atoms with E-state index < -0.39 is 0 Å². The van der Waals surface area contributed by atoms with Gasteiger partial charge in [0.15, 0.2) is 0 Å². The molecular formula is C15H24N4. The zero-order chi connectivity index (χ0) is 14.1. The molecule has 0 saturated heterocycles. The first-order valence-electron chi connectivity index (χ1n) is 7.05. The molecule has 0 aliphatic carbocycles. The Kier molecular flexibility index (Phi) is 6.91. The van der Waals surface area contributed by atoms with Crippen LogP contribution in [-0.2, 0) is 0 Å². The van der Waals surface area contributed by atoms with Crippen LogP contribution in [0.3, 0.4) is 0 Å². The first-order chi connectivity index (χ1) is 9.19. The van der Waals surface area contributed by atoms with Gasteiger partial charge >= 0.3 is 0 Å². The molecule has 19 heavy (non-hydrogen) atoms. The fourth-order valence-corrected chi connectivity index (χ4v) is 2.06. The quantitative estimate of drug-likeness (QED) is 0.781. The fourth-order valence-electron chi connectivity index (χ4n) is 2.06. The molecule has 1 rings (SSSR count). The van der Waals surface area contributed by atoms with Gasteiger partial charge < -0.3 is 10.2 Å². The van der Waals surface area contributed by atoms with Crippen LogP contribution in [0.15, 0.2) is 18.2 Å². The molecule has 4 heteroatoms. The normalized spacial score (nSPS) is 12.2. The van der Waals surface area contributed by atoms with E-state index in [4.69, 9.17) is 5.26 Å². The number of nitrogens with zero attached hydrogens (tertiary/aromatic N) is 3. The van der Waals surface area contributed by atoms with Gasteiger partial charge in [0.05, 0.1) is 0 Å². The third-order valence-corrected chi connectivity index (χ3v) is 3.26. The minimum atomic E-state index is 0.372. The molecule has 1 aromatic heterocycles. The Bertz CT molecular complexity index is 407. The van der Waals surface area contributed by atoms with Crippen molar-refractivity contribution in [1.82, 2.24) is 9.88 Å². The van der Waals surface area contributed by atoms with E-state index in [0.29, 0.717) is 11.7 Å². The van der Waals surface area contributed by atoms with Gasteiger partial charge in [-0.1, -0.05) is 19.9 Å². The predicted octanol–water partition coefficient (Wildman–Crippen LogP) is 2.88. The first kappa shape index (κ1) is 15.5. The van der Waals surface area contributed by atoms with Crippen molar-refractivity contribution < 1.29 is 0 Å². The van der Waals surface area contributed by atoms with Gasteiger partial charge in [0.1, 0.15) is 17.6 Å². The van der Waals surface area contributed by atoms with E-state index in [1.165, 1.54) is 6.42 Å². The van der Waals surface area contributed by atoms with Gasteiger partial charge in [-0.05, 0) is 51.5 Å². The van der Waals surface area contributed by atoms with Gasteiger partial charge in [-0.2, -0.15) is 5.26 Å². The van der Waals surface area contributed by atoms with E-state index in [0.717, 1.165) is 31.9 Å². The van der Waals surface area contributed by atoms with Crippen LogP contribution in [0.25, 0.3) is 0 Å². The fraction of sp³-hybridized carbons (Fsp3) is 0.600. The monoisotopic (exact) mass is 260 g/mol. The summed E-state index contributed by atoms with van der Waals surface area (Å²) in [6.07, 6.45) is 2.28. The third kappa shape index (κ3) is 5.71. The summed E-state index contributed by atoms with van der Waals surface area (Å²) in [5.41, 5.74) is 0.459. The average molecular weight is 260 g/mol. The molecule has 4 nitrogen and oxygen atoms in total. The summed E-state index contributed by atoms with van der Waals surface area (Å²) in [4.78, 5) is 6.66. The van der Waals surface area contributed by atoms with E-state index in [1.54, 1.807) is 6.07 Å². The molecule has 0 spiro atoms. The largest absolute Gasteiger partial charge is 0.368 e. The lowest BCUT2D eigenvalue weighted by Crippen LogP contribution is -2.25. The maximum Gasteiger partial charge on any atom is 0.142 e. The Morgan fingerprint density at radius 2 is 2.11 bits per heavy atom. The number of nitriles is 1. The van der Waals surface area contributed by atoms with Crippen molar-refractivity contribution in [1.29, 1.82) is 5.26 Å². The minimum absolute atomic E-state index is 0.372. The highest BCUT2D eigenvalue weighted by Crippen LogP contribution is 2.09. The van der Waals surface area contributed by atoms with Crippen molar-refractivity contribution >= 4 is 5.82 Å². The number of nitrogens with one attached hydrogen (secondary N) is 1. The lowest BCUT2D eigenvalue weighted by Gasteiger charge is -2.20. The van der Waals surface area contributed by atoms with Gasteiger partial charge in [0, 0.05) is 6.04 Å². The van der Waals surface area contributed by atoms with Crippen molar-refractivity contribution in [3.8, 4) is 6.07 Å². The molecule has 0 bridgehead atoms. The molecule has 104 valence electrons. The summed E-state index contributed by atoms with van der Waals surface area (Å²) in [6, 6.07) is 7.91. The van der Waals surface area contributed by atoms with Gasteiger partial charge in [0.25, 0.3) is 0 Å². The highest BCUT2D eigenvalue weighted by molar-refractivity contribution is 5.38. The van der Waals surface area contributed by atoms with Gasteiger partial charge in [-0.15, -0.1) is 0 Å². The highest BCUT2D eigenvalue weighted by atomic mass is 15.1. The average Bonchev–Trinajstić information content (AvgIpc) is 2.44. The van der Waals surface area contributed by atoms with Gasteiger partial charge in [-0.25, -0.2) is 4.98 Å². The predicted molar refractivity (Wildman–Crippen MR) is 79.1 cm³/mol. The lowest BCUT2D eigenvalue weighted by molar-refractivity contribution is 0.295. The van der Waals surface area contributed by atoms with Crippen LogP contribution in [0.4, 0.5) is 5.82 Å². The number of hydrogen-bond acceptors (Lipinski definition) is 4. The second-order valence-electron chi connectivity index (χ2n) is 4.73. The van der Waals surface area contributed by atoms with Crippen LogP contribution in [-0.4, -0.2) is 35.6 Å². The van der Waals surface area contributed by atoms with Crippen molar-refractivity contribution in [2.45, 2.75) is 39.7 Å². The number of pyridine rings is 1. The second kappa shape index (κ2) is 8.49. The molecular weight excluding hydrogens is 236 g/mol. The molecule has 0 fully saturated rings. The van der Waals surface area contributed by atoms with E-state index in [1.807, 2.05) is 12.1 Å². The zero-order valence-electron chi connectivity index (χ0n) is 12.2. The van der Waals surface area contributed by atoms with E-state index >= 15 is 0 Å². The number of hydrogen-bond donors (Lipinski definition) is 1. The molecule has 0 saturated carbocycles. The van der Waals surface area contributed by atoms with E-state index in [9.17, 15) is 0 Å². The van der Waals surface area contributed by atoms with E-state index in [2.05, 4.69) is 42.0 Å². The summed E-state index contributed by atoms with van der Waals surface area (Å²) >= 11 is 0. The molecule has 0 aliphatic heterocycles. The van der Waals surface area contributed by atoms with Crippen molar-refractivity contribution in [2.75, 3.05) is 25.0 Å². The van der Waals surface area contributed by atoms with Gasteiger partial charge in [0.2, 0.25) is 0 Å². The Labute approximate surface area is 116 Å². The number of aromatic nitrogens is 1. The molecule has 1 aromatic rings. The molecule has 0 amide bonds. The first-order valence-corrected chi connectivity index (χ1v) is 7.05. The van der Waals surface area contributed by atoms with Gasteiger partial charge in [-0.3, -0.25) is 0 Å². The van der Waals surface area contributed by atoms with Crippen molar-refractivity contribution in [2.24, 2.45) is 0 Å². The maximum absolute atomic E-state index is 8.81. The molecule has 0 radical (unpaired) electrons. The third-order valence-electron chi connectivity index (χ3n) is 3.26. The topological polar surface area (TPSA) is 52.0 Å². The van der Waals surface area contributed by atoms with Crippen LogP contribution < -0.4 is 5.32 Å². The standard InChI is InChI=1S/C15H24N4/c1-4-19(5-2)11-7-8-13(3)17-15-10-6-9-14(12-16)18-15/h6,9-10,13H,4-5,7-8,11H2,1-3H3,(H,17,18). The Balaban J connectivity index is 2.34.